The van der Waals surface area contributed by atoms with Crippen LogP contribution < -0.4 is 14.8 Å². The fraction of sp³-hybridized carbons (Fsp3) is 0.375. The zero-order valence-corrected chi connectivity index (χ0v) is 14.9. The van der Waals surface area contributed by atoms with Crippen LogP contribution in [0.3, 0.4) is 0 Å². The SMILES string of the molecule is COc1cc(CNC(C)C)ccc1OCc1sccc1Br. The maximum atomic E-state index is 5.87. The fourth-order valence-corrected chi connectivity index (χ4v) is 3.21. The van der Waals surface area contributed by atoms with Crippen molar-refractivity contribution in [2.45, 2.75) is 33.0 Å². The average molecular weight is 370 g/mol. The van der Waals surface area contributed by atoms with Gasteiger partial charge in [0, 0.05) is 17.1 Å². The third-order valence-corrected chi connectivity index (χ3v) is 4.89. The van der Waals surface area contributed by atoms with E-state index in [2.05, 4.69) is 41.2 Å². The minimum absolute atomic E-state index is 0.461. The van der Waals surface area contributed by atoms with E-state index < -0.39 is 0 Å². The van der Waals surface area contributed by atoms with E-state index >= 15 is 0 Å². The third-order valence-electron chi connectivity index (χ3n) is 2.99. The summed E-state index contributed by atoms with van der Waals surface area (Å²) in [5.41, 5.74) is 1.19. The molecule has 0 saturated heterocycles. The molecule has 1 N–H and O–H groups in total. The molecule has 0 aliphatic rings. The van der Waals surface area contributed by atoms with Crippen molar-refractivity contribution >= 4 is 27.3 Å². The van der Waals surface area contributed by atoms with E-state index in [1.165, 1.54) is 10.4 Å². The Bertz CT molecular complexity index is 583. The predicted octanol–water partition coefficient (Wildman–Crippen LogP) is 4.60. The molecule has 0 amide bonds. The quantitative estimate of drug-likeness (QED) is 0.773. The van der Waals surface area contributed by atoms with E-state index in [4.69, 9.17) is 9.47 Å². The number of benzene rings is 1. The van der Waals surface area contributed by atoms with Gasteiger partial charge >= 0.3 is 0 Å². The van der Waals surface area contributed by atoms with Crippen LogP contribution in [0.25, 0.3) is 0 Å². The minimum atomic E-state index is 0.461. The molecule has 0 aliphatic carbocycles. The van der Waals surface area contributed by atoms with E-state index in [0.717, 1.165) is 22.5 Å². The van der Waals surface area contributed by atoms with Crippen molar-refractivity contribution in [2.24, 2.45) is 0 Å². The number of halogens is 1. The Labute approximate surface area is 138 Å². The van der Waals surface area contributed by atoms with Crippen molar-refractivity contribution in [2.75, 3.05) is 7.11 Å². The molecule has 2 rings (SSSR count). The van der Waals surface area contributed by atoms with Crippen LogP contribution in [-0.4, -0.2) is 13.2 Å². The van der Waals surface area contributed by atoms with E-state index in [1.807, 2.05) is 23.6 Å². The molecule has 0 unspecified atom stereocenters. The van der Waals surface area contributed by atoms with Crippen LogP contribution in [0.15, 0.2) is 34.1 Å². The van der Waals surface area contributed by atoms with Gasteiger partial charge in [-0.2, -0.15) is 0 Å². The molecule has 0 fully saturated rings. The first-order valence-electron chi connectivity index (χ1n) is 6.85. The van der Waals surface area contributed by atoms with Crippen molar-refractivity contribution < 1.29 is 9.47 Å². The number of ether oxygens (including phenoxy) is 2. The maximum absolute atomic E-state index is 5.87. The molecule has 3 nitrogen and oxygen atoms in total. The van der Waals surface area contributed by atoms with Crippen LogP contribution in [0.5, 0.6) is 11.5 Å². The van der Waals surface area contributed by atoms with E-state index in [9.17, 15) is 0 Å². The summed E-state index contributed by atoms with van der Waals surface area (Å²) in [5.74, 6) is 1.54. The number of rotatable bonds is 7. The van der Waals surface area contributed by atoms with Gasteiger partial charge in [0.2, 0.25) is 0 Å². The lowest BCUT2D eigenvalue weighted by molar-refractivity contribution is 0.286. The van der Waals surface area contributed by atoms with Crippen molar-refractivity contribution in [3.63, 3.8) is 0 Å². The number of nitrogens with one attached hydrogen (secondary N) is 1. The highest BCUT2D eigenvalue weighted by Gasteiger charge is 2.08. The van der Waals surface area contributed by atoms with E-state index in [-0.39, 0.29) is 0 Å². The largest absolute Gasteiger partial charge is 0.493 e. The molecule has 0 atom stereocenters. The Hall–Kier alpha value is -1.04. The molecule has 1 heterocycles. The molecule has 0 bridgehead atoms. The first-order valence-corrected chi connectivity index (χ1v) is 8.52. The number of thiophene rings is 1. The Morgan fingerprint density at radius 3 is 2.67 bits per heavy atom. The zero-order valence-electron chi connectivity index (χ0n) is 12.5. The van der Waals surface area contributed by atoms with Gasteiger partial charge in [-0.25, -0.2) is 0 Å². The second kappa shape index (κ2) is 7.82. The van der Waals surface area contributed by atoms with Crippen LogP contribution in [0.1, 0.15) is 24.3 Å². The summed E-state index contributed by atoms with van der Waals surface area (Å²) in [6.45, 7) is 5.63. The highest BCUT2D eigenvalue weighted by Crippen LogP contribution is 2.30. The van der Waals surface area contributed by atoms with Gasteiger partial charge in [0.15, 0.2) is 11.5 Å². The van der Waals surface area contributed by atoms with Crippen molar-refractivity contribution in [1.82, 2.24) is 5.32 Å². The van der Waals surface area contributed by atoms with Gasteiger partial charge in [-0.1, -0.05) is 19.9 Å². The van der Waals surface area contributed by atoms with Gasteiger partial charge in [0.25, 0.3) is 0 Å². The average Bonchev–Trinajstić information content (AvgIpc) is 2.88. The molecule has 114 valence electrons. The van der Waals surface area contributed by atoms with Crippen LogP contribution in [-0.2, 0) is 13.2 Å². The monoisotopic (exact) mass is 369 g/mol. The van der Waals surface area contributed by atoms with Gasteiger partial charge < -0.3 is 14.8 Å². The summed E-state index contributed by atoms with van der Waals surface area (Å²) in [6.07, 6.45) is 0. The summed E-state index contributed by atoms with van der Waals surface area (Å²) in [6, 6.07) is 8.55. The zero-order chi connectivity index (χ0) is 15.2. The van der Waals surface area contributed by atoms with Gasteiger partial charge in [-0.15, -0.1) is 11.3 Å². The Morgan fingerprint density at radius 1 is 1.24 bits per heavy atom. The Morgan fingerprint density at radius 2 is 2.05 bits per heavy atom. The first-order chi connectivity index (χ1) is 10.1. The minimum Gasteiger partial charge on any atom is -0.493 e. The molecule has 1 aromatic heterocycles. The van der Waals surface area contributed by atoms with Crippen molar-refractivity contribution in [1.29, 1.82) is 0 Å². The van der Waals surface area contributed by atoms with E-state index in [1.54, 1.807) is 18.4 Å². The molecule has 0 spiro atoms. The Kier molecular flexibility index (Phi) is 6.08. The first kappa shape index (κ1) is 16.3. The second-order valence-corrected chi connectivity index (χ2v) is 6.86. The number of hydrogen-bond donors (Lipinski definition) is 1. The molecule has 0 radical (unpaired) electrons. The molecular formula is C16H20BrNO2S. The summed E-state index contributed by atoms with van der Waals surface area (Å²) in [4.78, 5) is 1.17. The molecule has 0 saturated carbocycles. The molecular weight excluding hydrogens is 350 g/mol. The van der Waals surface area contributed by atoms with E-state index in [0.29, 0.717) is 12.6 Å². The van der Waals surface area contributed by atoms with Gasteiger partial charge in [-0.3, -0.25) is 0 Å². The lowest BCUT2D eigenvalue weighted by atomic mass is 10.2. The number of hydrogen-bond acceptors (Lipinski definition) is 4. The second-order valence-electron chi connectivity index (χ2n) is 5.00. The van der Waals surface area contributed by atoms with Gasteiger partial charge in [0.05, 0.1) is 12.0 Å². The summed E-state index contributed by atoms with van der Waals surface area (Å²) in [7, 11) is 1.67. The summed E-state index contributed by atoms with van der Waals surface area (Å²) < 4.78 is 12.4. The molecule has 21 heavy (non-hydrogen) atoms. The third kappa shape index (κ3) is 4.73. The number of methoxy groups -OCH3 is 1. The standard InChI is InChI=1S/C16H20BrNO2S/c1-11(2)18-9-12-4-5-14(15(8-12)19-3)20-10-16-13(17)6-7-21-16/h4-8,11,18H,9-10H2,1-3H3. The molecule has 5 heteroatoms. The maximum Gasteiger partial charge on any atom is 0.161 e. The fourth-order valence-electron chi connectivity index (χ4n) is 1.83. The lowest BCUT2D eigenvalue weighted by Gasteiger charge is -2.13. The highest BCUT2D eigenvalue weighted by atomic mass is 79.9. The topological polar surface area (TPSA) is 30.5 Å². The van der Waals surface area contributed by atoms with Crippen LogP contribution in [0.4, 0.5) is 0 Å². The van der Waals surface area contributed by atoms with Crippen molar-refractivity contribution in [3.8, 4) is 11.5 Å². The highest BCUT2D eigenvalue weighted by molar-refractivity contribution is 9.10. The normalized spacial score (nSPS) is 10.9. The van der Waals surface area contributed by atoms with Crippen LogP contribution in [0.2, 0.25) is 0 Å². The summed E-state index contributed by atoms with van der Waals surface area (Å²) in [5, 5.41) is 5.44. The van der Waals surface area contributed by atoms with Crippen LogP contribution >= 0.6 is 27.3 Å². The Balaban J connectivity index is 2.04. The summed E-state index contributed by atoms with van der Waals surface area (Å²) >= 11 is 5.19. The lowest BCUT2D eigenvalue weighted by Crippen LogP contribution is -2.21. The molecule has 2 aromatic rings. The van der Waals surface area contributed by atoms with Gasteiger partial charge in [0.1, 0.15) is 6.61 Å². The van der Waals surface area contributed by atoms with Crippen molar-refractivity contribution in [3.05, 3.63) is 44.6 Å². The smallest absolute Gasteiger partial charge is 0.161 e. The molecule has 0 aliphatic heterocycles. The molecule has 1 aromatic carbocycles. The van der Waals surface area contributed by atoms with Gasteiger partial charge in [-0.05, 0) is 45.1 Å². The predicted molar refractivity (Wildman–Crippen MR) is 91.3 cm³/mol. The van der Waals surface area contributed by atoms with Crippen LogP contribution in [0, 0.1) is 0 Å².